The Kier molecular flexibility index (Phi) is 6.10. The highest BCUT2D eigenvalue weighted by atomic mass is 32.1. The third-order valence-electron chi connectivity index (χ3n) is 6.79. The summed E-state index contributed by atoms with van der Waals surface area (Å²) in [5.74, 6) is -0.945. The minimum absolute atomic E-state index is 0.0939. The number of aromatic nitrogens is 2. The number of carbonyl (C=O) groups is 1. The SMILES string of the molecule is Cc1cc([C@H]2[C@@H](c3ccccn3)NC(=S)N2C[C@@H]2CCCO2)c(C)n1-c1ccccc1C(=O)O. The van der Waals surface area contributed by atoms with Crippen LogP contribution in [0, 0.1) is 13.8 Å². The minimum Gasteiger partial charge on any atom is -0.478 e. The van der Waals surface area contributed by atoms with Crippen LogP contribution >= 0.6 is 12.2 Å². The van der Waals surface area contributed by atoms with E-state index in [1.807, 2.05) is 48.7 Å². The molecule has 7 nitrogen and oxygen atoms in total. The second-order valence-electron chi connectivity index (χ2n) is 8.90. The monoisotopic (exact) mass is 476 g/mol. The van der Waals surface area contributed by atoms with Crippen LogP contribution in [-0.2, 0) is 4.74 Å². The highest BCUT2D eigenvalue weighted by Gasteiger charge is 2.42. The lowest BCUT2D eigenvalue weighted by atomic mass is 9.96. The van der Waals surface area contributed by atoms with Gasteiger partial charge in [0.1, 0.15) is 0 Å². The molecule has 0 spiro atoms. The second kappa shape index (κ2) is 9.19. The average Bonchev–Trinajstić information content (AvgIpc) is 3.53. The van der Waals surface area contributed by atoms with Crippen LogP contribution in [-0.4, -0.2) is 49.9 Å². The average molecular weight is 477 g/mol. The van der Waals surface area contributed by atoms with Gasteiger partial charge in [-0.25, -0.2) is 4.79 Å². The van der Waals surface area contributed by atoms with E-state index < -0.39 is 5.97 Å². The molecule has 176 valence electrons. The molecule has 0 aliphatic carbocycles. The van der Waals surface area contributed by atoms with E-state index in [1.54, 1.807) is 18.3 Å². The fraction of sp³-hybridized carbons (Fsp3) is 0.346. The van der Waals surface area contributed by atoms with E-state index in [0.29, 0.717) is 17.3 Å². The van der Waals surface area contributed by atoms with Crippen molar-refractivity contribution in [3.63, 3.8) is 0 Å². The summed E-state index contributed by atoms with van der Waals surface area (Å²) < 4.78 is 7.97. The van der Waals surface area contributed by atoms with Crippen molar-refractivity contribution >= 4 is 23.3 Å². The van der Waals surface area contributed by atoms with Crippen LogP contribution in [0.3, 0.4) is 0 Å². The molecule has 34 heavy (non-hydrogen) atoms. The summed E-state index contributed by atoms with van der Waals surface area (Å²) in [5.41, 5.74) is 4.90. The van der Waals surface area contributed by atoms with Crippen LogP contribution in [0.25, 0.3) is 5.69 Å². The number of rotatable bonds is 6. The zero-order valence-electron chi connectivity index (χ0n) is 19.3. The number of benzene rings is 1. The van der Waals surface area contributed by atoms with Crippen molar-refractivity contribution in [3.8, 4) is 5.69 Å². The molecule has 2 aliphatic rings. The number of aryl methyl sites for hydroxylation is 1. The number of hydrogen-bond acceptors (Lipinski definition) is 4. The molecular weight excluding hydrogens is 448 g/mol. The van der Waals surface area contributed by atoms with Crippen LogP contribution in [0.5, 0.6) is 0 Å². The van der Waals surface area contributed by atoms with E-state index in [1.165, 1.54) is 0 Å². The maximum absolute atomic E-state index is 11.9. The van der Waals surface area contributed by atoms with Gasteiger partial charge >= 0.3 is 5.97 Å². The van der Waals surface area contributed by atoms with Crippen LogP contribution in [0.4, 0.5) is 0 Å². The lowest BCUT2D eigenvalue weighted by molar-refractivity contribution is 0.0697. The van der Waals surface area contributed by atoms with Gasteiger partial charge in [0.2, 0.25) is 0 Å². The number of nitrogens with zero attached hydrogens (tertiary/aromatic N) is 3. The summed E-state index contributed by atoms with van der Waals surface area (Å²) in [6.07, 6.45) is 4.02. The summed E-state index contributed by atoms with van der Waals surface area (Å²) in [7, 11) is 0. The number of nitrogens with one attached hydrogen (secondary N) is 1. The van der Waals surface area contributed by atoms with Gasteiger partial charge in [0, 0.05) is 30.7 Å². The summed E-state index contributed by atoms with van der Waals surface area (Å²) >= 11 is 5.81. The number of ether oxygens (including phenoxy) is 1. The van der Waals surface area contributed by atoms with Gasteiger partial charge in [0.25, 0.3) is 0 Å². The summed E-state index contributed by atoms with van der Waals surface area (Å²) in [6, 6.07) is 14.9. The summed E-state index contributed by atoms with van der Waals surface area (Å²) in [6.45, 7) is 5.54. The van der Waals surface area contributed by atoms with Gasteiger partial charge < -0.3 is 24.6 Å². The molecule has 0 bridgehead atoms. The van der Waals surface area contributed by atoms with Crippen molar-refractivity contribution < 1.29 is 14.6 Å². The third kappa shape index (κ3) is 3.97. The predicted octanol–water partition coefficient (Wildman–Crippen LogP) is 4.34. The maximum Gasteiger partial charge on any atom is 0.337 e. The van der Waals surface area contributed by atoms with Gasteiger partial charge in [0.15, 0.2) is 5.11 Å². The topological polar surface area (TPSA) is 79.6 Å². The molecular formula is C26H28N4O3S. The molecule has 5 rings (SSSR count). The Labute approximate surface area is 204 Å². The predicted molar refractivity (Wildman–Crippen MR) is 133 cm³/mol. The maximum atomic E-state index is 11.9. The number of hydrogen-bond donors (Lipinski definition) is 2. The number of pyridine rings is 1. The summed E-state index contributed by atoms with van der Waals surface area (Å²) in [5, 5.41) is 14.0. The minimum atomic E-state index is -0.945. The van der Waals surface area contributed by atoms with E-state index in [9.17, 15) is 9.90 Å². The molecule has 3 aromatic rings. The van der Waals surface area contributed by atoms with Crippen molar-refractivity contribution in [1.82, 2.24) is 19.8 Å². The zero-order valence-corrected chi connectivity index (χ0v) is 20.1. The molecule has 0 amide bonds. The lowest BCUT2D eigenvalue weighted by Gasteiger charge is -2.30. The molecule has 2 aromatic heterocycles. The van der Waals surface area contributed by atoms with Crippen molar-refractivity contribution in [2.75, 3.05) is 13.2 Å². The molecule has 3 atom stereocenters. The van der Waals surface area contributed by atoms with E-state index in [2.05, 4.69) is 21.3 Å². The Bertz CT molecular complexity index is 1220. The highest BCUT2D eigenvalue weighted by Crippen LogP contribution is 2.42. The number of thiocarbonyl (C=S) groups is 1. The molecule has 1 aromatic carbocycles. The van der Waals surface area contributed by atoms with Gasteiger partial charge in [-0.15, -0.1) is 0 Å². The van der Waals surface area contributed by atoms with E-state index in [4.69, 9.17) is 17.0 Å². The van der Waals surface area contributed by atoms with Crippen molar-refractivity contribution in [2.24, 2.45) is 0 Å². The van der Waals surface area contributed by atoms with E-state index >= 15 is 0 Å². The smallest absolute Gasteiger partial charge is 0.337 e. The highest BCUT2D eigenvalue weighted by molar-refractivity contribution is 7.80. The number of carboxylic acids is 1. The van der Waals surface area contributed by atoms with Gasteiger partial charge in [-0.2, -0.15) is 0 Å². The number of aromatic carboxylic acids is 1. The number of para-hydroxylation sites is 1. The van der Waals surface area contributed by atoms with E-state index in [0.717, 1.165) is 42.1 Å². The Morgan fingerprint density at radius 3 is 2.74 bits per heavy atom. The Hall–Kier alpha value is -3.23. The fourth-order valence-corrected chi connectivity index (χ4v) is 5.57. The van der Waals surface area contributed by atoms with Crippen LogP contribution < -0.4 is 5.32 Å². The van der Waals surface area contributed by atoms with Gasteiger partial charge in [-0.05, 0) is 74.8 Å². The van der Waals surface area contributed by atoms with Crippen LogP contribution in [0.15, 0.2) is 54.7 Å². The molecule has 0 saturated carbocycles. The first-order valence-corrected chi connectivity index (χ1v) is 12.0. The first kappa shape index (κ1) is 22.6. The molecule has 2 N–H and O–H groups in total. The summed E-state index contributed by atoms with van der Waals surface area (Å²) in [4.78, 5) is 18.8. The molecule has 0 radical (unpaired) electrons. The molecule has 0 unspecified atom stereocenters. The first-order valence-electron chi connectivity index (χ1n) is 11.6. The Morgan fingerprint density at radius 2 is 2.03 bits per heavy atom. The van der Waals surface area contributed by atoms with Gasteiger partial charge in [-0.3, -0.25) is 4.98 Å². The van der Waals surface area contributed by atoms with Crippen LogP contribution in [0.2, 0.25) is 0 Å². The molecule has 2 saturated heterocycles. The van der Waals surface area contributed by atoms with Crippen LogP contribution in [0.1, 0.15) is 57.9 Å². The standard InChI is InChI=1S/C26H28N4O3S/c1-16-14-20(17(2)30(16)22-11-4-3-9-19(22)25(31)32)24-23(21-10-5-6-12-27-21)28-26(34)29(24)15-18-8-7-13-33-18/h3-6,9-12,14,18,23-24H,7-8,13,15H2,1-2H3,(H,28,34)(H,31,32)/t18-,23+,24-/m0/s1. The Balaban J connectivity index is 1.62. The lowest BCUT2D eigenvalue weighted by Crippen LogP contribution is -2.36. The molecule has 4 heterocycles. The quantitative estimate of drug-likeness (QED) is 0.513. The van der Waals surface area contributed by atoms with Gasteiger partial charge in [-0.1, -0.05) is 18.2 Å². The van der Waals surface area contributed by atoms with Crippen molar-refractivity contribution in [3.05, 3.63) is 82.9 Å². The number of carboxylic acid groups (broad SMARTS) is 1. The Morgan fingerprint density at radius 1 is 1.24 bits per heavy atom. The largest absolute Gasteiger partial charge is 0.478 e. The second-order valence-corrected chi connectivity index (χ2v) is 9.28. The van der Waals surface area contributed by atoms with Gasteiger partial charge in [0.05, 0.1) is 35.1 Å². The molecule has 8 heteroatoms. The normalized spacial score (nSPS) is 22.2. The fourth-order valence-electron chi connectivity index (χ4n) is 5.26. The zero-order chi connectivity index (χ0) is 23.8. The molecule has 2 fully saturated rings. The molecule has 2 aliphatic heterocycles. The first-order chi connectivity index (χ1) is 16.5. The van der Waals surface area contributed by atoms with Crippen molar-refractivity contribution in [2.45, 2.75) is 44.9 Å². The van der Waals surface area contributed by atoms with Crippen molar-refractivity contribution in [1.29, 1.82) is 0 Å². The van der Waals surface area contributed by atoms with E-state index in [-0.39, 0.29) is 23.8 Å². The third-order valence-corrected chi connectivity index (χ3v) is 7.14.